The van der Waals surface area contributed by atoms with Gasteiger partial charge < -0.3 is 9.67 Å². The van der Waals surface area contributed by atoms with E-state index in [0.29, 0.717) is 0 Å². The maximum atomic E-state index is 13.5. The number of aromatic nitrogens is 1. The molecule has 0 aliphatic carbocycles. The van der Waals surface area contributed by atoms with Crippen molar-refractivity contribution in [3.05, 3.63) is 94.0 Å². The van der Waals surface area contributed by atoms with E-state index in [2.05, 4.69) is 10.5 Å². The molecule has 0 spiro atoms. The number of phenols is 1. The number of carbonyl (C=O) groups is 1. The highest BCUT2D eigenvalue weighted by Crippen LogP contribution is 2.26. The summed E-state index contributed by atoms with van der Waals surface area (Å²) in [4.78, 5) is 12.5. The van der Waals surface area contributed by atoms with E-state index in [9.17, 15) is 14.3 Å². The van der Waals surface area contributed by atoms with Gasteiger partial charge in [-0.25, -0.2) is 9.82 Å². The number of nitrogens with zero attached hydrogens (tertiary/aromatic N) is 2. The van der Waals surface area contributed by atoms with Gasteiger partial charge in [-0.1, -0.05) is 35.9 Å². The minimum absolute atomic E-state index is 0.0441. The average Bonchev–Trinajstić information content (AvgIpc) is 3.02. The van der Waals surface area contributed by atoms with Gasteiger partial charge in [-0.05, 0) is 61.0 Å². The molecule has 1 aromatic heterocycles. The molecular weight excluding hydrogens is 417 g/mol. The smallest absolute Gasteiger partial charge is 0.275 e. The van der Waals surface area contributed by atoms with Crippen molar-refractivity contribution in [2.24, 2.45) is 5.10 Å². The van der Waals surface area contributed by atoms with Crippen LogP contribution in [0.25, 0.3) is 16.5 Å². The van der Waals surface area contributed by atoms with Gasteiger partial charge in [0.1, 0.15) is 11.6 Å². The van der Waals surface area contributed by atoms with Crippen molar-refractivity contribution in [3.63, 3.8) is 0 Å². The zero-order valence-electron chi connectivity index (χ0n) is 16.9. The van der Waals surface area contributed by atoms with Crippen LogP contribution in [0.3, 0.4) is 0 Å². The molecule has 2 N–H and O–H groups in total. The fourth-order valence-corrected chi connectivity index (χ4v) is 3.75. The molecule has 4 rings (SSSR count). The van der Waals surface area contributed by atoms with E-state index in [1.165, 1.54) is 12.3 Å². The number of aromatic hydroxyl groups is 1. The second-order valence-corrected chi connectivity index (χ2v) is 7.58. The maximum absolute atomic E-state index is 13.5. The van der Waals surface area contributed by atoms with E-state index in [0.717, 1.165) is 33.4 Å². The van der Waals surface area contributed by atoms with Gasteiger partial charge in [-0.15, -0.1) is 0 Å². The van der Waals surface area contributed by atoms with Gasteiger partial charge in [-0.2, -0.15) is 5.10 Å². The highest BCUT2D eigenvalue weighted by Gasteiger charge is 2.13. The van der Waals surface area contributed by atoms with Crippen LogP contribution < -0.4 is 5.43 Å². The molecule has 3 aromatic carbocycles. The number of halogens is 2. The van der Waals surface area contributed by atoms with Gasteiger partial charge in [0.15, 0.2) is 0 Å². The lowest BCUT2D eigenvalue weighted by atomic mass is 10.1. The standard InChI is InChI=1S/C24H19ClFN3O2/c1-14-9-18(15(2)29(14)19-7-8-22(26)21(25)12-19)13-27-28-24(31)20-10-16-5-3-4-6-17(16)11-23(20)30/h3-13,30H,1-2H3,(H,28,31). The summed E-state index contributed by atoms with van der Waals surface area (Å²) >= 11 is 5.92. The summed E-state index contributed by atoms with van der Waals surface area (Å²) in [6.07, 6.45) is 1.53. The third kappa shape index (κ3) is 4.02. The highest BCUT2D eigenvalue weighted by atomic mass is 35.5. The summed E-state index contributed by atoms with van der Waals surface area (Å²) in [5, 5.41) is 16.0. The van der Waals surface area contributed by atoms with E-state index in [-0.39, 0.29) is 16.3 Å². The zero-order chi connectivity index (χ0) is 22.1. The Balaban J connectivity index is 1.56. The first-order chi connectivity index (χ1) is 14.8. The molecular formula is C24H19ClFN3O2. The molecule has 0 saturated heterocycles. The number of carbonyl (C=O) groups excluding carboxylic acids is 1. The number of hydrogen-bond donors (Lipinski definition) is 2. The van der Waals surface area contributed by atoms with E-state index in [4.69, 9.17) is 11.6 Å². The Bertz CT molecular complexity index is 1340. The molecule has 1 amide bonds. The SMILES string of the molecule is Cc1cc(C=NNC(=O)c2cc3ccccc3cc2O)c(C)n1-c1ccc(F)c(Cl)c1. The Labute approximate surface area is 183 Å². The summed E-state index contributed by atoms with van der Waals surface area (Å²) in [5.41, 5.74) is 5.86. The minimum atomic E-state index is -0.515. The average molecular weight is 436 g/mol. The Morgan fingerprint density at radius 1 is 1.10 bits per heavy atom. The van der Waals surface area contributed by atoms with Gasteiger partial charge in [0.05, 0.1) is 16.8 Å². The summed E-state index contributed by atoms with van der Waals surface area (Å²) in [6.45, 7) is 3.80. The number of phenolic OH excluding ortho intramolecular Hbond substituents is 1. The second kappa shape index (κ2) is 8.24. The highest BCUT2D eigenvalue weighted by molar-refractivity contribution is 6.30. The van der Waals surface area contributed by atoms with Crippen LogP contribution in [0.4, 0.5) is 4.39 Å². The van der Waals surface area contributed by atoms with E-state index in [1.54, 1.807) is 24.3 Å². The first kappa shape index (κ1) is 20.6. The molecule has 0 saturated carbocycles. The third-order valence-corrected chi connectivity index (χ3v) is 5.40. The predicted molar refractivity (Wildman–Crippen MR) is 121 cm³/mol. The lowest BCUT2D eigenvalue weighted by Crippen LogP contribution is -2.17. The van der Waals surface area contributed by atoms with Crippen molar-refractivity contribution < 1.29 is 14.3 Å². The van der Waals surface area contributed by atoms with Gasteiger partial charge in [0.2, 0.25) is 0 Å². The number of nitrogens with one attached hydrogen (secondary N) is 1. The van der Waals surface area contributed by atoms with Crippen LogP contribution >= 0.6 is 11.6 Å². The molecule has 0 radical (unpaired) electrons. The quantitative estimate of drug-likeness (QED) is 0.328. The van der Waals surface area contributed by atoms with Gasteiger partial charge in [0.25, 0.3) is 5.91 Å². The van der Waals surface area contributed by atoms with Crippen LogP contribution in [0, 0.1) is 19.7 Å². The van der Waals surface area contributed by atoms with Gasteiger partial charge in [0, 0.05) is 22.6 Å². The van der Waals surface area contributed by atoms with Crippen LogP contribution in [-0.4, -0.2) is 21.8 Å². The maximum Gasteiger partial charge on any atom is 0.275 e. The molecule has 7 heteroatoms. The monoisotopic (exact) mass is 435 g/mol. The molecule has 0 unspecified atom stereocenters. The van der Waals surface area contributed by atoms with Crippen LogP contribution in [0.5, 0.6) is 5.75 Å². The first-order valence-corrected chi connectivity index (χ1v) is 9.92. The Kier molecular flexibility index (Phi) is 5.48. The molecule has 4 aromatic rings. The number of hydrazone groups is 1. The number of aryl methyl sites for hydroxylation is 1. The van der Waals surface area contributed by atoms with Crippen molar-refractivity contribution in [1.29, 1.82) is 0 Å². The molecule has 0 bridgehead atoms. The fourth-order valence-electron chi connectivity index (χ4n) is 3.57. The van der Waals surface area contributed by atoms with E-state index < -0.39 is 11.7 Å². The van der Waals surface area contributed by atoms with E-state index >= 15 is 0 Å². The van der Waals surface area contributed by atoms with Crippen LogP contribution in [0.15, 0.2) is 65.8 Å². The molecule has 0 atom stereocenters. The van der Waals surface area contributed by atoms with Crippen molar-refractivity contribution in [3.8, 4) is 11.4 Å². The van der Waals surface area contributed by atoms with Crippen molar-refractivity contribution in [2.45, 2.75) is 13.8 Å². The number of rotatable bonds is 4. The van der Waals surface area contributed by atoms with Crippen LogP contribution in [0.2, 0.25) is 5.02 Å². The molecule has 5 nitrogen and oxygen atoms in total. The summed E-state index contributed by atoms with van der Waals surface area (Å²) in [5.74, 6) is -1.11. The van der Waals surface area contributed by atoms with Gasteiger partial charge >= 0.3 is 0 Å². The molecule has 156 valence electrons. The lowest BCUT2D eigenvalue weighted by Gasteiger charge is -2.10. The number of fused-ring (bicyclic) bond motifs is 1. The fraction of sp³-hybridized carbons (Fsp3) is 0.0833. The molecule has 0 aliphatic heterocycles. The minimum Gasteiger partial charge on any atom is -0.507 e. The van der Waals surface area contributed by atoms with Crippen LogP contribution in [-0.2, 0) is 0 Å². The number of amides is 1. The molecule has 1 heterocycles. The molecule has 0 fully saturated rings. The molecule has 31 heavy (non-hydrogen) atoms. The van der Waals surface area contributed by atoms with Crippen LogP contribution in [0.1, 0.15) is 27.3 Å². The second-order valence-electron chi connectivity index (χ2n) is 7.18. The number of hydrogen-bond acceptors (Lipinski definition) is 3. The zero-order valence-corrected chi connectivity index (χ0v) is 17.6. The molecule has 0 aliphatic rings. The summed E-state index contributed by atoms with van der Waals surface area (Å²) < 4.78 is 15.4. The third-order valence-electron chi connectivity index (χ3n) is 5.11. The Hall–Kier alpha value is -3.64. The van der Waals surface area contributed by atoms with Crippen molar-refractivity contribution >= 4 is 34.5 Å². The van der Waals surface area contributed by atoms with Crippen molar-refractivity contribution in [2.75, 3.05) is 0 Å². The first-order valence-electron chi connectivity index (χ1n) is 9.54. The summed E-state index contributed by atoms with van der Waals surface area (Å²) in [6, 6.07) is 17.1. The Morgan fingerprint density at radius 2 is 1.81 bits per heavy atom. The largest absolute Gasteiger partial charge is 0.507 e. The normalized spacial score (nSPS) is 11.4. The summed E-state index contributed by atoms with van der Waals surface area (Å²) in [7, 11) is 0. The Morgan fingerprint density at radius 3 is 2.52 bits per heavy atom. The van der Waals surface area contributed by atoms with E-state index in [1.807, 2.05) is 48.7 Å². The van der Waals surface area contributed by atoms with Crippen molar-refractivity contribution in [1.82, 2.24) is 9.99 Å². The topological polar surface area (TPSA) is 66.6 Å². The predicted octanol–water partition coefficient (Wildman–Crippen LogP) is 5.51. The van der Waals surface area contributed by atoms with Gasteiger partial charge in [-0.3, -0.25) is 4.79 Å². The number of benzene rings is 3. The lowest BCUT2D eigenvalue weighted by molar-refractivity contribution is 0.0952.